The molecule has 0 amide bonds. The standard InChI is InChI=1S/C18H25NO3/c1-3-4-5-6-7-12-21-16-10-8-15(9-11-16)18-14(2)17(13-20)19-22-18/h8-11,20H,3-7,12-13H2,1-2H3. The fourth-order valence-electron chi connectivity index (χ4n) is 2.38. The molecule has 0 radical (unpaired) electrons. The molecule has 4 heteroatoms. The van der Waals surface area contributed by atoms with E-state index in [1.54, 1.807) is 0 Å². The lowest BCUT2D eigenvalue weighted by Gasteiger charge is -2.06. The first-order valence-corrected chi connectivity index (χ1v) is 8.05. The molecule has 0 bridgehead atoms. The van der Waals surface area contributed by atoms with Crippen LogP contribution in [0.1, 0.15) is 50.3 Å². The van der Waals surface area contributed by atoms with Gasteiger partial charge in [0.25, 0.3) is 0 Å². The van der Waals surface area contributed by atoms with Crippen LogP contribution >= 0.6 is 0 Å². The molecule has 1 aromatic heterocycles. The second-order valence-corrected chi connectivity index (χ2v) is 5.53. The summed E-state index contributed by atoms with van der Waals surface area (Å²) in [6.07, 6.45) is 6.19. The van der Waals surface area contributed by atoms with Crippen LogP contribution in [0.15, 0.2) is 28.8 Å². The highest BCUT2D eigenvalue weighted by atomic mass is 16.5. The zero-order valence-electron chi connectivity index (χ0n) is 13.5. The van der Waals surface area contributed by atoms with Crippen molar-refractivity contribution in [3.63, 3.8) is 0 Å². The number of rotatable bonds is 9. The van der Waals surface area contributed by atoms with Crippen LogP contribution in [0.5, 0.6) is 5.75 Å². The van der Waals surface area contributed by atoms with Crippen LogP contribution in [0, 0.1) is 6.92 Å². The normalized spacial score (nSPS) is 10.9. The van der Waals surface area contributed by atoms with Crippen molar-refractivity contribution in [1.82, 2.24) is 5.16 Å². The van der Waals surface area contributed by atoms with Crippen LogP contribution in [0.2, 0.25) is 0 Å². The Morgan fingerprint density at radius 1 is 1.09 bits per heavy atom. The predicted octanol–water partition coefficient (Wildman–Crippen LogP) is 4.49. The van der Waals surface area contributed by atoms with Crippen LogP contribution in [-0.4, -0.2) is 16.9 Å². The predicted molar refractivity (Wildman–Crippen MR) is 86.9 cm³/mol. The van der Waals surface area contributed by atoms with Gasteiger partial charge in [-0.25, -0.2) is 0 Å². The van der Waals surface area contributed by atoms with Crippen LogP contribution in [0.25, 0.3) is 11.3 Å². The number of unbranched alkanes of at least 4 members (excludes halogenated alkanes) is 4. The highest BCUT2D eigenvalue weighted by Gasteiger charge is 2.12. The molecular formula is C18H25NO3. The minimum absolute atomic E-state index is 0.103. The summed E-state index contributed by atoms with van der Waals surface area (Å²) in [6.45, 7) is 4.78. The average molecular weight is 303 g/mol. The van der Waals surface area contributed by atoms with Gasteiger partial charge in [-0.05, 0) is 37.6 Å². The van der Waals surface area contributed by atoms with E-state index in [0.717, 1.165) is 29.9 Å². The molecule has 0 atom stereocenters. The number of hydrogen-bond acceptors (Lipinski definition) is 4. The maximum absolute atomic E-state index is 9.15. The van der Waals surface area contributed by atoms with Crippen LogP contribution in [0.4, 0.5) is 0 Å². The third kappa shape index (κ3) is 4.34. The number of aromatic nitrogens is 1. The van der Waals surface area contributed by atoms with Crippen LogP contribution < -0.4 is 4.74 Å². The minimum Gasteiger partial charge on any atom is -0.494 e. The molecular weight excluding hydrogens is 278 g/mol. The lowest BCUT2D eigenvalue weighted by atomic mass is 10.1. The molecule has 1 N–H and O–H groups in total. The maximum atomic E-state index is 9.15. The smallest absolute Gasteiger partial charge is 0.170 e. The van der Waals surface area contributed by atoms with E-state index in [9.17, 15) is 0 Å². The first-order chi connectivity index (χ1) is 10.8. The van der Waals surface area contributed by atoms with Gasteiger partial charge in [0.15, 0.2) is 5.76 Å². The molecule has 2 rings (SSSR count). The first-order valence-electron chi connectivity index (χ1n) is 8.05. The molecule has 1 heterocycles. The topological polar surface area (TPSA) is 55.5 Å². The molecule has 120 valence electrons. The van der Waals surface area contributed by atoms with Crippen molar-refractivity contribution in [2.24, 2.45) is 0 Å². The number of benzene rings is 1. The van der Waals surface area contributed by atoms with Gasteiger partial charge in [-0.1, -0.05) is 37.8 Å². The molecule has 1 aromatic carbocycles. The Hall–Kier alpha value is -1.81. The number of aliphatic hydroxyl groups is 1. The Labute approximate surface area is 132 Å². The highest BCUT2D eigenvalue weighted by Crippen LogP contribution is 2.27. The Balaban J connectivity index is 1.86. The molecule has 0 unspecified atom stereocenters. The van der Waals surface area contributed by atoms with Gasteiger partial charge in [-0.15, -0.1) is 0 Å². The van der Waals surface area contributed by atoms with Crippen molar-refractivity contribution in [3.8, 4) is 17.1 Å². The number of nitrogens with zero attached hydrogens (tertiary/aromatic N) is 1. The quantitative estimate of drug-likeness (QED) is 0.693. The van der Waals surface area contributed by atoms with Crippen LogP contribution in [-0.2, 0) is 6.61 Å². The Bertz CT molecular complexity index is 560. The second-order valence-electron chi connectivity index (χ2n) is 5.53. The maximum Gasteiger partial charge on any atom is 0.170 e. The van der Waals surface area contributed by atoms with Crippen molar-refractivity contribution in [1.29, 1.82) is 0 Å². The van der Waals surface area contributed by atoms with E-state index in [2.05, 4.69) is 12.1 Å². The number of aliphatic hydroxyl groups excluding tert-OH is 1. The molecule has 0 aliphatic heterocycles. The molecule has 0 spiro atoms. The first kappa shape index (κ1) is 16.6. The minimum atomic E-state index is -0.103. The summed E-state index contributed by atoms with van der Waals surface area (Å²) in [5.41, 5.74) is 2.41. The van der Waals surface area contributed by atoms with E-state index < -0.39 is 0 Å². The van der Waals surface area contributed by atoms with Gasteiger partial charge >= 0.3 is 0 Å². The third-order valence-corrected chi connectivity index (χ3v) is 3.80. The van der Waals surface area contributed by atoms with Gasteiger partial charge in [0.2, 0.25) is 0 Å². The molecule has 2 aromatic rings. The number of ether oxygens (including phenoxy) is 1. The van der Waals surface area contributed by atoms with Gasteiger partial charge in [-0.3, -0.25) is 0 Å². The number of hydrogen-bond donors (Lipinski definition) is 1. The van der Waals surface area contributed by atoms with Gasteiger partial charge in [0.05, 0.1) is 13.2 Å². The highest BCUT2D eigenvalue weighted by molar-refractivity contribution is 5.62. The van der Waals surface area contributed by atoms with Gasteiger partial charge in [0, 0.05) is 11.1 Å². The molecule has 0 aliphatic rings. The van der Waals surface area contributed by atoms with E-state index in [1.165, 1.54) is 25.7 Å². The summed E-state index contributed by atoms with van der Waals surface area (Å²) in [7, 11) is 0. The largest absolute Gasteiger partial charge is 0.494 e. The second kappa shape index (κ2) is 8.59. The van der Waals surface area contributed by atoms with Crippen molar-refractivity contribution in [2.75, 3.05) is 6.61 Å². The van der Waals surface area contributed by atoms with Crippen molar-refractivity contribution in [3.05, 3.63) is 35.5 Å². The van der Waals surface area contributed by atoms with E-state index >= 15 is 0 Å². The molecule has 0 aliphatic carbocycles. The molecule has 0 saturated heterocycles. The SMILES string of the molecule is CCCCCCCOc1ccc(-c2onc(CO)c2C)cc1. The van der Waals surface area contributed by atoms with E-state index in [4.69, 9.17) is 14.4 Å². The zero-order chi connectivity index (χ0) is 15.8. The molecule has 0 fully saturated rings. The lowest BCUT2D eigenvalue weighted by Crippen LogP contribution is -1.97. The van der Waals surface area contributed by atoms with E-state index in [1.807, 2.05) is 31.2 Å². The summed E-state index contributed by atoms with van der Waals surface area (Å²) in [5, 5.41) is 13.0. The molecule has 0 saturated carbocycles. The zero-order valence-corrected chi connectivity index (χ0v) is 13.5. The lowest BCUT2D eigenvalue weighted by molar-refractivity contribution is 0.266. The summed E-state index contributed by atoms with van der Waals surface area (Å²) in [4.78, 5) is 0. The van der Waals surface area contributed by atoms with Gasteiger partial charge in [-0.2, -0.15) is 0 Å². The van der Waals surface area contributed by atoms with Crippen molar-refractivity contribution >= 4 is 0 Å². The van der Waals surface area contributed by atoms with Crippen molar-refractivity contribution < 1.29 is 14.4 Å². The average Bonchev–Trinajstić information content (AvgIpc) is 2.92. The summed E-state index contributed by atoms with van der Waals surface area (Å²) in [6, 6.07) is 7.81. The van der Waals surface area contributed by atoms with E-state index in [0.29, 0.717) is 11.5 Å². The van der Waals surface area contributed by atoms with E-state index in [-0.39, 0.29) is 6.61 Å². The summed E-state index contributed by atoms with van der Waals surface area (Å²) in [5.74, 6) is 1.58. The fraction of sp³-hybridized carbons (Fsp3) is 0.500. The van der Waals surface area contributed by atoms with Crippen molar-refractivity contribution in [2.45, 2.75) is 52.6 Å². The summed E-state index contributed by atoms with van der Waals surface area (Å²) < 4.78 is 11.0. The summed E-state index contributed by atoms with van der Waals surface area (Å²) >= 11 is 0. The Morgan fingerprint density at radius 3 is 2.45 bits per heavy atom. The molecule has 4 nitrogen and oxygen atoms in total. The monoisotopic (exact) mass is 303 g/mol. The Kier molecular flexibility index (Phi) is 6.46. The third-order valence-electron chi connectivity index (χ3n) is 3.80. The fourth-order valence-corrected chi connectivity index (χ4v) is 2.38. The van der Waals surface area contributed by atoms with Gasteiger partial charge < -0.3 is 14.4 Å². The van der Waals surface area contributed by atoms with Gasteiger partial charge in [0.1, 0.15) is 11.4 Å². The Morgan fingerprint density at radius 2 is 1.82 bits per heavy atom. The van der Waals surface area contributed by atoms with Crippen LogP contribution in [0.3, 0.4) is 0 Å². The molecule has 22 heavy (non-hydrogen) atoms.